The minimum atomic E-state index is -0.170. The van der Waals surface area contributed by atoms with E-state index in [9.17, 15) is 9.59 Å². The number of nitrogens with one attached hydrogen (secondary N) is 1. The molecule has 0 spiro atoms. The maximum absolute atomic E-state index is 12.5. The van der Waals surface area contributed by atoms with Gasteiger partial charge in [-0.1, -0.05) is 42.5 Å². The molecule has 1 atom stereocenters. The SMILES string of the molecule is O=C(Nc1ccc(C2SCC(=O)N2c2ccccc2)cc1)c1ccccc1Br. The zero-order valence-corrected chi connectivity index (χ0v) is 17.2. The van der Waals surface area contributed by atoms with Crippen LogP contribution in [0.15, 0.2) is 83.3 Å². The highest BCUT2D eigenvalue weighted by Gasteiger charge is 2.33. The summed E-state index contributed by atoms with van der Waals surface area (Å²) < 4.78 is 0.753. The minimum absolute atomic E-state index is 0.0667. The summed E-state index contributed by atoms with van der Waals surface area (Å²) in [6, 6.07) is 24.7. The molecule has 1 aliphatic rings. The van der Waals surface area contributed by atoms with E-state index in [1.165, 1.54) is 0 Å². The van der Waals surface area contributed by atoms with Crippen LogP contribution in [0.1, 0.15) is 21.3 Å². The summed E-state index contributed by atoms with van der Waals surface area (Å²) in [7, 11) is 0. The van der Waals surface area contributed by atoms with E-state index in [1.54, 1.807) is 17.8 Å². The predicted octanol–water partition coefficient (Wildman–Crippen LogP) is 5.48. The Morgan fingerprint density at radius 2 is 1.64 bits per heavy atom. The van der Waals surface area contributed by atoms with Crippen molar-refractivity contribution in [2.45, 2.75) is 5.37 Å². The molecular formula is C22H17BrN2O2S. The summed E-state index contributed by atoms with van der Waals surface area (Å²) in [5.41, 5.74) is 3.22. The molecule has 1 unspecified atom stereocenters. The molecule has 2 amide bonds. The van der Waals surface area contributed by atoms with E-state index < -0.39 is 0 Å². The van der Waals surface area contributed by atoms with E-state index in [0.717, 1.165) is 15.7 Å². The monoisotopic (exact) mass is 452 g/mol. The molecule has 1 aliphatic heterocycles. The molecule has 140 valence electrons. The Kier molecular flexibility index (Phi) is 5.50. The number of halogens is 1. The third-order valence-electron chi connectivity index (χ3n) is 4.47. The van der Waals surface area contributed by atoms with Crippen LogP contribution in [-0.4, -0.2) is 17.6 Å². The quantitative estimate of drug-likeness (QED) is 0.569. The molecule has 0 radical (unpaired) electrons. The number of anilines is 2. The lowest BCUT2D eigenvalue weighted by molar-refractivity contribution is -0.115. The molecule has 3 aromatic rings. The van der Waals surface area contributed by atoms with Crippen LogP contribution in [0.2, 0.25) is 0 Å². The first-order valence-electron chi connectivity index (χ1n) is 8.78. The normalized spacial score (nSPS) is 16.2. The largest absolute Gasteiger partial charge is 0.322 e. The summed E-state index contributed by atoms with van der Waals surface area (Å²) >= 11 is 5.01. The number of thioether (sulfide) groups is 1. The zero-order chi connectivity index (χ0) is 19.5. The highest BCUT2D eigenvalue weighted by Crippen LogP contribution is 2.41. The Morgan fingerprint density at radius 3 is 2.36 bits per heavy atom. The first kappa shape index (κ1) is 18.8. The van der Waals surface area contributed by atoms with E-state index in [4.69, 9.17) is 0 Å². The van der Waals surface area contributed by atoms with Crippen molar-refractivity contribution in [2.75, 3.05) is 16.0 Å². The number of para-hydroxylation sites is 1. The van der Waals surface area contributed by atoms with Crippen LogP contribution >= 0.6 is 27.7 Å². The molecule has 0 aliphatic carbocycles. The molecule has 1 fully saturated rings. The number of benzene rings is 3. The Balaban J connectivity index is 1.52. The number of rotatable bonds is 4. The lowest BCUT2D eigenvalue weighted by Gasteiger charge is -2.24. The Bertz CT molecular complexity index is 1010. The molecule has 0 aromatic heterocycles. The number of hydrogen-bond acceptors (Lipinski definition) is 3. The van der Waals surface area contributed by atoms with Crippen molar-refractivity contribution in [1.82, 2.24) is 0 Å². The first-order valence-corrected chi connectivity index (χ1v) is 10.6. The van der Waals surface area contributed by atoms with Gasteiger partial charge in [-0.2, -0.15) is 0 Å². The van der Waals surface area contributed by atoms with E-state index in [1.807, 2.05) is 77.7 Å². The Labute approximate surface area is 176 Å². The third kappa shape index (κ3) is 3.84. The van der Waals surface area contributed by atoms with Gasteiger partial charge in [0.25, 0.3) is 5.91 Å². The van der Waals surface area contributed by atoms with Crippen molar-refractivity contribution in [3.63, 3.8) is 0 Å². The van der Waals surface area contributed by atoms with Crippen LogP contribution in [0.25, 0.3) is 0 Å². The molecule has 6 heteroatoms. The van der Waals surface area contributed by atoms with E-state index >= 15 is 0 Å². The Hall–Kier alpha value is -2.57. The minimum Gasteiger partial charge on any atom is -0.322 e. The van der Waals surface area contributed by atoms with Crippen molar-refractivity contribution < 1.29 is 9.59 Å². The number of carbonyl (C=O) groups excluding carboxylic acids is 2. The lowest BCUT2D eigenvalue weighted by Crippen LogP contribution is -2.27. The average Bonchev–Trinajstić information content (AvgIpc) is 3.11. The maximum atomic E-state index is 12.5. The molecule has 0 bridgehead atoms. The number of amides is 2. The first-order chi connectivity index (χ1) is 13.6. The van der Waals surface area contributed by atoms with Crippen molar-refractivity contribution in [2.24, 2.45) is 0 Å². The van der Waals surface area contributed by atoms with Crippen LogP contribution in [0.5, 0.6) is 0 Å². The fourth-order valence-electron chi connectivity index (χ4n) is 3.11. The lowest BCUT2D eigenvalue weighted by atomic mass is 10.1. The summed E-state index contributed by atoms with van der Waals surface area (Å²) in [6.07, 6.45) is 0. The fraction of sp³-hybridized carbons (Fsp3) is 0.0909. The predicted molar refractivity (Wildman–Crippen MR) is 118 cm³/mol. The fourth-order valence-corrected chi connectivity index (χ4v) is 4.76. The van der Waals surface area contributed by atoms with Gasteiger partial charge in [-0.3, -0.25) is 14.5 Å². The van der Waals surface area contributed by atoms with Crippen LogP contribution in [0.3, 0.4) is 0 Å². The summed E-state index contributed by atoms with van der Waals surface area (Å²) in [6.45, 7) is 0. The van der Waals surface area contributed by atoms with Gasteiger partial charge in [0.2, 0.25) is 5.91 Å². The molecule has 4 rings (SSSR count). The maximum Gasteiger partial charge on any atom is 0.256 e. The average molecular weight is 453 g/mol. The van der Waals surface area contributed by atoms with Gasteiger partial charge >= 0.3 is 0 Å². The van der Waals surface area contributed by atoms with E-state index in [2.05, 4.69) is 21.2 Å². The van der Waals surface area contributed by atoms with Crippen molar-refractivity contribution in [3.8, 4) is 0 Å². The van der Waals surface area contributed by atoms with Gasteiger partial charge in [-0.15, -0.1) is 11.8 Å². The summed E-state index contributed by atoms with van der Waals surface area (Å²) in [5.74, 6) is 0.393. The third-order valence-corrected chi connectivity index (χ3v) is 6.38. The van der Waals surface area contributed by atoms with Gasteiger partial charge in [-0.25, -0.2) is 0 Å². The molecule has 1 heterocycles. The van der Waals surface area contributed by atoms with Gasteiger partial charge in [-0.05, 0) is 57.9 Å². The van der Waals surface area contributed by atoms with Crippen LogP contribution in [0, 0.1) is 0 Å². The standard InChI is InChI=1S/C22H17BrN2O2S/c23-19-9-5-4-8-18(19)21(27)24-16-12-10-15(11-13-16)22-25(20(26)14-28-22)17-6-2-1-3-7-17/h1-13,22H,14H2,(H,24,27). The van der Waals surface area contributed by atoms with Gasteiger partial charge < -0.3 is 5.32 Å². The van der Waals surface area contributed by atoms with E-state index in [0.29, 0.717) is 17.0 Å². The van der Waals surface area contributed by atoms with Crippen LogP contribution in [-0.2, 0) is 4.79 Å². The smallest absolute Gasteiger partial charge is 0.256 e. The highest BCUT2D eigenvalue weighted by atomic mass is 79.9. The molecule has 3 aromatic carbocycles. The molecule has 1 N–H and O–H groups in total. The van der Waals surface area contributed by atoms with Crippen LogP contribution in [0.4, 0.5) is 11.4 Å². The van der Waals surface area contributed by atoms with Crippen LogP contribution < -0.4 is 10.2 Å². The second-order valence-corrected chi connectivity index (χ2v) is 8.24. The number of nitrogens with zero attached hydrogens (tertiary/aromatic N) is 1. The highest BCUT2D eigenvalue weighted by molar-refractivity contribution is 9.10. The van der Waals surface area contributed by atoms with Crippen molar-refractivity contribution >= 4 is 50.9 Å². The topological polar surface area (TPSA) is 49.4 Å². The van der Waals surface area contributed by atoms with Crippen molar-refractivity contribution in [3.05, 3.63) is 94.5 Å². The van der Waals surface area contributed by atoms with Crippen molar-refractivity contribution in [1.29, 1.82) is 0 Å². The molecule has 0 saturated carbocycles. The Morgan fingerprint density at radius 1 is 0.964 bits per heavy atom. The summed E-state index contributed by atoms with van der Waals surface area (Å²) in [5, 5.41) is 2.85. The molecular weight excluding hydrogens is 436 g/mol. The van der Waals surface area contributed by atoms with Gasteiger partial charge in [0.05, 0.1) is 11.3 Å². The molecule has 28 heavy (non-hydrogen) atoms. The number of carbonyl (C=O) groups is 2. The number of hydrogen-bond donors (Lipinski definition) is 1. The van der Waals surface area contributed by atoms with Gasteiger partial charge in [0, 0.05) is 15.8 Å². The summed E-state index contributed by atoms with van der Waals surface area (Å²) in [4.78, 5) is 26.7. The van der Waals surface area contributed by atoms with Gasteiger partial charge in [0.1, 0.15) is 5.37 Å². The molecule has 4 nitrogen and oxygen atoms in total. The second kappa shape index (κ2) is 8.20. The zero-order valence-electron chi connectivity index (χ0n) is 14.8. The van der Waals surface area contributed by atoms with E-state index in [-0.39, 0.29) is 17.2 Å². The van der Waals surface area contributed by atoms with Gasteiger partial charge in [0.15, 0.2) is 0 Å². The molecule has 1 saturated heterocycles. The second-order valence-electron chi connectivity index (χ2n) is 6.32.